The normalized spacial score (nSPS) is 12.0. The maximum absolute atomic E-state index is 12.0. The van der Waals surface area contributed by atoms with Gasteiger partial charge in [0.05, 0.1) is 5.75 Å². The first kappa shape index (κ1) is 19.6. The Morgan fingerprint density at radius 3 is 2.89 bits per heavy atom. The lowest BCUT2D eigenvalue weighted by Crippen LogP contribution is -2.14. The van der Waals surface area contributed by atoms with Gasteiger partial charge in [-0.3, -0.25) is 10.1 Å². The van der Waals surface area contributed by atoms with Crippen LogP contribution < -0.4 is 10.1 Å². The van der Waals surface area contributed by atoms with E-state index in [2.05, 4.69) is 25.7 Å². The SMILES string of the molecule is Cc1nnc(NC(=O)CSc2nnc(C(C)Oc3cccc(Cl)c3)n2C)s1. The molecule has 0 aliphatic carbocycles. The molecule has 11 heteroatoms. The molecule has 0 spiro atoms. The number of carbonyl (C=O) groups excluding carboxylic acids is 1. The summed E-state index contributed by atoms with van der Waals surface area (Å²) < 4.78 is 7.68. The average Bonchev–Trinajstić information content (AvgIpc) is 3.18. The molecular weight excluding hydrogens is 408 g/mol. The monoisotopic (exact) mass is 424 g/mol. The molecule has 1 aromatic carbocycles. The standard InChI is InChI=1S/C16H17ClN6O2S2/c1-9(25-12-6-4-5-11(17)7-12)14-20-22-16(23(14)3)26-8-13(24)18-15-21-19-10(2)27-15/h4-7,9H,8H2,1-3H3,(H,18,21,24). The minimum atomic E-state index is -0.325. The summed E-state index contributed by atoms with van der Waals surface area (Å²) in [6.45, 7) is 3.71. The largest absolute Gasteiger partial charge is 0.483 e. The van der Waals surface area contributed by atoms with Crippen LogP contribution in [-0.4, -0.2) is 36.6 Å². The highest BCUT2D eigenvalue weighted by Gasteiger charge is 2.18. The van der Waals surface area contributed by atoms with Gasteiger partial charge in [0.1, 0.15) is 10.8 Å². The quantitative estimate of drug-likeness (QED) is 0.580. The summed E-state index contributed by atoms with van der Waals surface area (Å²) in [6.07, 6.45) is -0.325. The molecule has 0 radical (unpaired) electrons. The molecule has 27 heavy (non-hydrogen) atoms. The molecule has 0 bridgehead atoms. The fraction of sp³-hybridized carbons (Fsp3) is 0.312. The van der Waals surface area contributed by atoms with Gasteiger partial charge in [-0.25, -0.2) is 0 Å². The van der Waals surface area contributed by atoms with Crippen molar-refractivity contribution in [3.8, 4) is 5.75 Å². The molecule has 1 atom stereocenters. The Bertz CT molecular complexity index is 945. The highest BCUT2D eigenvalue weighted by molar-refractivity contribution is 7.99. The number of hydrogen-bond donors (Lipinski definition) is 1. The van der Waals surface area contributed by atoms with Gasteiger partial charge in [0.25, 0.3) is 0 Å². The van der Waals surface area contributed by atoms with E-state index in [1.165, 1.54) is 23.1 Å². The number of hydrogen-bond acceptors (Lipinski definition) is 8. The van der Waals surface area contributed by atoms with Crippen molar-refractivity contribution < 1.29 is 9.53 Å². The molecular formula is C16H17ClN6O2S2. The highest BCUT2D eigenvalue weighted by Crippen LogP contribution is 2.25. The first-order valence-electron chi connectivity index (χ1n) is 7.96. The van der Waals surface area contributed by atoms with Crippen LogP contribution in [0, 0.1) is 6.92 Å². The van der Waals surface area contributed by atoms with Gasteiger partial charge >= 0.3 is 0 Å². The van der Waals surface area contributed by atoms with Gasteiger partial charge in [-0.2, -0.15) is 0 Å². The third kappa shape index (κ3) is 5.18. The van der Waals surface area contributed by atoms with E-state index in [0.717, 1.165) is 5.01 Å². The predicted octanol–water partition coefficient (Wildman–Crippen LogP) is 3.50. The predicted molar refractivity (Wildman–Crippen MR) is 105 cm³/mol. The zero-order chi connectivity index (χ0) is 19.4. The molecule has 0 saturated carbocycles. The molecule has 3 rings (SSSR count). The molecule has 2 aromatic heterocycles. The topological polar surface area (TPSA) is 94.8 Å². The molecule has 0 saturated heterocycles. The zero-order valence-electron chi connectivity index (χ0n) is 14.8. The Hall–Kier alpha value is -2.17. The number of anilines is 1. The number of nitrogens with one attached hydrogen (secondary N) is 1. The summed E-state index contributed by atoms with van der Waals surface area (Å²) in [5.41, 5.74) is 0. The van der Waals surface area contributed by atoms with E-state index in [0.29, 0.717) is 26.9 Å². The van der Waals surface area contributed by atoms with Gasteiger partial charge in [0.2, 0.25) is 11.0 Å². The van der Waals surface area contributed by atoms with E-state index >= 15 is 0 Å². The molecule has 2 heterocycles. The second-order valence-electron chi connectivity index (χ2n) is 5.58. The number of benzene rings is 1. The summed E-state index contributed by atoms with van der Waals surface area (Å²) in [6, 6.07) is 7.17. The van der Waals surface area contributed by atoms with Gasteiger partial charge in [0.15, 0.2) is 17.1 Å². The number of rotatable bonds is 7. The lowest BCUT2D eigenvalue weighted by atomic mass is 10.3. The number of halogens is 1. The summed E-state index contributed by atoms with van der Waals surface area (Å²) in [5, 5.41) is 21.3. The first-order valence-corrected chi connectivity index (χ1v) is 10.1. The molecule has 142 valence electrons. The Morgan fingerprint density at radius 2 is 2.19 bits per heavy atom. The smallest absolute Gasteiger partial charge is 0.236 e. The molecule has 0 aliphatic rings. The lowest BCUT2D eigenvalue weighted by molar-refractivity contribution is -0.113. The van der Waals surface area contributed by atoms with E-state index in [9.17, 15) is 4.79 Å². The van der Waals surface area contributed by atoms with Crippen molar-refractivity contribution in [2.24, 2.45) is 7.05 Å². The van der Waals surface area contributed by atoms with E-state index in [1.54, 1.807) is 12.1 Å². The van der Waals surface area contributed by atoms with Crippen LogP contribution in [0.3, 0.4) is 0 Å². The summed E-state index contributed by atoms with van der Waals surface area (Å²) >= 11 is 8.59. The van der Waals surface area contributed by atoms with E-state index in [1.807, 2.05) is 37.6 Å². The Morgan fingerprint density at radius 1 is 1.37 bits per heavy atom. The van der Waals surface area contributed by atoms with Crippen LogP contribution in [0.2, 0.25) is 5.02 Å². The Labute approximate surface area is 169 Å². The minimum Gasteiger partial charge on any atom is -0.483 e. The number of carbonyl (C=O) groups is 1. The number of aromatic nitrogens is 5. The van der Waals surface area contributed by atoms with Crippen LogP contribution >= 0.6 is 34.7 Å². The fourth-order valence-electron chi connectivity index (χ4n) is 2.24. The number of nitrogens with zero attached hydrogens (tertiary/aromatic N) is 5. The zero-order valence-corrected chi connectivity index (χ0v) is 17.2. The molecule has 3 aromatic rings. The average molecular weight is 425 g/mol. The Kier molecular flexibility index (Phi) is 6.30. The van der Waals surface area contributed by atoms with Gasteiger partial charge < -0.3 is 9.30 Å². The van der Waals surface area contributed by atoms with Crippen molar-refractivity contribution in [2.45, 2.75) is 25.1 Å². The second kappa shape index (κ2) is 8.68. The van der Waals surface area contributed by atoms with Crippen molar-refractivity contribution in [2.75, 3.05) is 11.1 Å². The molecule has 0 aliphatic heterocycles. The first-order chi connectivity index (χ1) is 12.9. The van der Waals surface area contributed by atoms with Crippen molar-refractivity contribution in [1.82, 2.24) is 25.0 Å². The van der Waals surface area contributed by atoms with E-state index in [-0.39, 0.29) is 17.8 Å². The van der Waals surface area contributed by atoms with Gasteiger partial charge in [-0.1, -0.05) is 40.8 Å². The fourth-order valence-corrected chi connectivity index (χ4v) is 3.74. The van der Waals surface area contributed by atoms with Crippen LogP contribution in [0.5, 0.6) is 5.75 Å². The van der Waals surface area contributed by atoms with Crippen LogP contribution in [0.25, 0.3) is 0 Å². The molecule has 8 nitrogen and oxygen atoms in total. The van der Waals surface area contributed by atoms with Gasteiger partial charge in [0, 0.05) is 12.1 Å². The van der Waals surface area contributed by atoms with Gasteiger partial charge in [-0.15, -0.1) is 20.4 Å². The summed E-state index contributed by atoms with van der Waals surface area (Å²) in [4.78, 5) is 12.0. The van der Waals surface area contributed by atoms with Crippen LogP contribution in [0.4, 0.5) is 5.13 Å². The van der Waals surface area contributed by atoms with Crippen molar-refractivity contribution in [3.63, 3.8) is 0 Å². The minimum absolute atomic E-state index is 0.177. The maximum atomic E-state index is 12.0. The molecule has 0 fully saturated rings. The maximum Gasteiger partial charge on any atom is 0.236 e. The number of amides is 1. The molecule has 1 unspecified atom stereocenters. The third-order valence-electron chi connectivity index (χ3n) is 3.45. The van der Waals surface area contributed by atoms with E-state index in [4.69, 9.17) is 16.3 Å². The summed E-state index contributed by atoms with van der Waals surface area (Å²) in [5.74, 6) is 1.31. The number of thioether (sulfide) groups is 1. The van der Waals surface area contributed by atoms with Crippen LogP contribution in [0.15, 0.2) is 29.4 Å². The van der Waals surface area contributed by atoms with E-state index < -0.39 is 0 Å². The summed E-state index contributed by atoms with van der Waals surface area (Å²) in [7, 11) is 1.83. The second-order valence-corrected chi connectivity index (χ2v) is 8.14. The highest BCUT2D eigenvalue weighted by atomic mass is 35.5. The lowest BCUT2D eigenvalue weighted by Gasteiger charge is -2.14. The van der Waals surface area contributed by atoms with Crippen molar-refractivity contribution in [3.05, 3.63) is 40.1 Å². The number of ether oxygens (including phenoxy) is 1. The third-order valence-corrected chi connectivity index (χ3v) is 5.46. The van der Waals surface area contributed by atoms with Crippen molar-refractivity contribution >= 4 is 45.7 Å². The van der Waals surface area contributed by atoms with Crippen molar-refractivity contribution in [1.29, 1.82) is 0 Å². The van der Waals surface area contributed by atoms with Crippen LogP contribution in [0.1, 0.15) is 23.9 Å². The van der Waals surface area contributed by atoms with Gasteiger partial charge in [-0.05, 0) is 32.0 Å². The molecule has 1 amide bonds. The molecule has 1 N–H and O–H groups in total. The Balaban J connectivity index is 1.58. The van der Waals surface area contributed by atoms with Crippen LogP contribution in [-0.2, 0) is 11.8 Å². The number of aryl methyl sites for hydroxylation is 1.